The van der Waals surface area contributed by atoms with Crippen LogP contribution in [0.4, 0.5) is 0 Å². The number of methoxy groups -OCH3 is 2. The lowest BCUT2D eigenvalue weighted by molar-refractivity contribution is -0.281. The highest BCUT2D eigenvalue weighted by Gasteiger charge is 2.50. The van der Waals surface area contributed by atoms with Crippen molar-refractivity contribution < 1.29 is 63.2 Å². The van der Waals surface area contributed by atoms with E-state index in [1.807, 2.05) is 0 Å². The predicted octanol–water partition coefficient (Wildman–Crippen LogP) is 1.01. The number of hydrogen-bond donors (Lipinski definition) is 5. The number of rotatable bonds is 8. The third-order valence-electron chi connectivity index (χ3n) is 9.16. The fourth-order valence-corrected chi connectivity index (χ4v) is 6.84. The van der Waals surface area contributed by atoms with Crippen LogP contribution in [0.2, 0.25) is 0 Å². The van der Waals surface area contributed by atoms with Gasteiger partial charge in [0, 0.05) is 49.6 Å². The highest BCUT2D eigenvalue weighted by atomic mass is 16.7. The van der Waals surface area contributed by atoms with Gasteiger partial charge in [0.05, 0.1) is 48.7 Å². The van der Waals surface area contributed by atoms with Gasteiger partial charge in [0.1, 0.15) is 29.5 Å². The third kappa shape index (κ3) is 5.38. The average molecular weight is 644 g/mol. The van der Waals surface area contributed by atoms with Crippen molar-refractivity contribution in [2.75, 3.05) is 34.0 Å². The molecular weight excluding hydrogens is 606 g/mol. The molecule has 0 amide bonds. The van der Waals surface area contributed by atoms with Crippen molar-refractivity contribution in [3.05, 3.63) is 51.6 Å². The smallest absolute Gasteiger partial charge is 0.202 e. The number of aromatic hydroxyl groups is 2. The van der Waals surface area contributed by atoms with E-state index in [9.17, 15) is 34.8 Å². The number of nitrogens with one attached hydrogen (secondary N) is 1. The number of aliphatic hydroxyl groups excluding tert-OH is 1. The standard InChI is InChI=1S/C32H37NO13/c1-14-17(46-30-31(42-3)43-10-9-33-30)7-8-21(44-14)45-19-12-32(40,20(35)13-34)11-16-23(19)29(39)25-24(27(16)37)26(36)15-5-4-6-18(41-2)22(15)28(25)38/h4-6,14,17,19,21,30-31,33-34,37,39-40H,7-13H2,1-3H3/t14-,17-,19-,21-,30+,31-,32-/m0/s1. The van der Waals surface area contributed by atoms with Gasteiger partial charge in [-0.05, 0) is 19.4 Å². The molecule has 14 heteroatoms. The number of ether oxygens (including phenoxy) is 6. The lowest BCUT2D eigenvalue weighted by Gasteiger charge is -2.42. The number of phenolic OH excluding ortho intramolecular Hbond substituents is 2. The highest BCUT2D eigenvalue weighted by molar-refractivity contribution is 6.31. The van der Waals surface area contributed by atoms with Crippen LogP contribution in [0, 0.1) is 0 Å². The fraction of sp³-hybridized carbons (Fsp3) is 0.531. The van der Waals surface area contributed by atoms with Crippen LogP contribution in [-0.4, -0.2) is 108 Å². The molecule has 2 aromatic carbocycles. The zero-order valence-electron chi connectivity index (χ0n) is 25.6. The van der Waals surface area contributed by atoms with E-state index in [1.54, 1.807) is 6.92 Å². The molecule has 14 nitrogen and oxygen atoms in total. The molecule has 5 N–H and O–H groups in total. The molecule has 2 fully saturated rings. The Morgan fingerprint density at radius 3 is 2.52 bits per heavy atom. The van der Waals surface area contributed by atoms with Gasteiger partial charge in [0.15, 0.2) is 30.4 Å². The number of morpholine rings is 1. The topological polar surface area (TPSA) is 200 Å². The molecule has 2 aliphatic heterocycles. The van der Waals surface area contributed by atoms with Gasteiger partial charge in [-0.2, -0.15) is 0 Å². The van der Waals surface area contributed by atoms with E-state index in [0.29, 0.717) is 26.0 Å². The molecule has 4 aliphatic rings. The van der Waals surface area contributed by atoms with E-state index in [2.05, 4.69) is 5.32 Å². The minimum absolute atomic E-state index is 0.0371. The summed E-state index contributed by atoms with van der Waals surface area (Å²) in [5, 5.41) is 47.5. The summed E-state index contributed by atoms with van der Waals surface area (Å²) in [6, 6.07) is 4.42. The second-order valence-corrected chi connectivity index (χ2v) is 11.9. The Bertz CT molecular complexity index is 1560. The summed E-state index contributed by atoms with van der Waals surface area (Å²) in [5.41, 5.74) is -3.44. The van der Waals surface area contributed by atoms with Crippen LogP contribution < -0.4 is 10.1 Å². The Morgan fingerprint density at radius 1 is 1.07 bits per heavy atom. The van der Waals surface area contributed by atoms with Crippen LogP contribution in [0.3, 0.4) is 0 Å². The molecule has 248 valence electrons. The molecule has 0 aromatic heterocycles. The third-order valence-corrected chi connectivity index (χ3v) is 9.16. The monoisotopic (exact) mass is 643 g/mol. The number of ketones is 3. The minimum Gasteiger partial charge on any atom is -0.507 e. The van der Waals surface area contributed by atoms with Crippen molar-refractivity contribution in [1.82, 2.24) is 5.32 Å². The van der Waals surface area contributed by atoms with E-state index < -0.39 is 96.0 Å². The van der Waals surface area contributed by atoms with Crippen LogP contribution in [-0.2, 0) is 34.9 Å². The number of carbonyl (C=O) groups is 3. The highest BCUT2D eigenvalue weighted by Crippen LogP contribution is 2.52. The Labute approximate surface area is 264 Å². The van der Waals surface area contributed by atoms with Crippen molar-refractivity contribution in [3.8, 4) is 17.2 Å². The zero-order valence-corrected chi connectivity index (χ0v) is 25.6. The van der Waals surface area contributed by atoms with Crippen molar-refractivity contribution in [1.29, 1.82) is 0 Å². The quantitative estimate of drug-likeness (QED) is 0.218. The number of aliphatic hydroxyl groups is 2. The molecule has 0 saturated carbocycles. The van der Waals surface area contributed by atoms with Crippen LogP contribution in [0.1, 0.15) is 75.3 Å². The lowest BCUT2D eigenvalue weighted by Crippen LogP contribution is -2.54. The number of carbonyl (C=O) groups excluding carboxylic acids is 3. The second kappa shape index (κ2) is 12.6. The first-order valence-electron chi connectivity index (χ1n) is 15.1. The van der Waals surface area contributed by atoms with Gasteiger partial charge in [0.2, 0.25) is 5.78 Å². The Kier molecular flexibility index (Phi) is 8.91. The van der Waals surface area contributed by atoms with Crippen LogP contribution in [0.25, 0.3) is 0 Å². The number of Topliss-reactive ketones (excluding diaryl/α,β-unsaturated/α-hetero) is 1. The molecule has 2 heterocycles. The first-order valence-corrected chi connectivity index (χ1v) is 15.1. The van der Waals surface area contributed by atoms with Crippen molar-refractivity contribution in [3.63, 3.8) is 0 Å². The van der Waals surface area contributed by atoms with E-state index in [1.165, 1.54) is 32.4 Å². The first-order chi connectivity index (χ1) is 22.0. The van der Waals surface area contributed by atoms with Gasteiger partial charge in [-0.1, -0.05) is 12.1 Å². The van der Waals surface area contributed by atoms with Crippen molar-refractivity contribution in [2.24, 2.45) is 0 Å². The molecular formula is C32H37NO13. The Balaban J connectivity index is 1.34. The van der Waals surface area contributed by atoms with Crippen molar-refractivity contribution in [2.45, 2.75) is 75.3 Å². The fourth-order valence-electron chi connectivity index (χ4n) is 6.84. The molecule has 2 aromatic rings. The largest absolute Gasteiger partial charge is 0.507 e. The molecule has 46 heavy (non-hydrogen) atoms. The summed E-state index contributed by atoms with van der Waals surface area (Å²) >= 11 is 0. The molecule has 0 spiro atoms. The Hall–Kier alpha value is -3.47. The molecule has 0 unspecified atom stereocenters. The summed E-state index contributed by atoms with van der Waals surface area (Å²) in [6.07, 6.45) is -4.38. The lowest BCUT2D eigenvalue weighted by atomic mass is 9.72. The summed E-state index contributed by atoms with van der Waals surface area (Å²) in [4.78, 5) is 40.3. The SMILES string of the molecule is COc1cccc2c1C(=O)c1c(O)c3c(c(O)c1C2=O)C[C@@](O)(C(=O)CO)C[C@@H]3O[C@H]1CC[C@H](O[C@H]2NCCO[C@@H]2OC)[C@H](C)O1. The van der Waals surface area contributed by atoms with Crippen molar-refractivity contribution >= 4 is 17.3 Å². The van der Waals surface area contributed by atoms with E-state index in [-0.39, 0.29) is 34.1 Å². The zero-order chi connectivity index (χ0) is 32.9. The van der Waals surface area contributed by atoms with Gasteiger partial charge in [-0.25, -0.2) is 0 Å². The van der Waals surface area contributed by atoms with Gasteiger partial charge in [-0.15, -0.1) is 0 Å². The minimum atomic E-state index is -2.22. The maximum absolute atomic E-state index is 13.8. The summed E-state index contributed by atoms with van der Waals surface area (Å²) in [7, 11) is 2.86. The predicted molar refractivity (Wildman–Crippen MR) is 156 cm³/mol. The first kappa shape index (κ1) is 32.5. The Morgan fingerprint density at radius 2 is 1.83 bits per heavy atom. The van der Waals surface area contributed by atoms with Gasteiger partial charge in [-0.3, -0.25) is 19.7 Å². The van der Waals surface area contributed by atoms with Gasteiger partial charge in [0.25, 0.3) is 0 Å². The maximum Gasteiger partial charge on any atom is 0.202 e. The second-order valence-electron chi connectivity index (χ2n) is 11.9. The summed E-state index contributed by atoms with van der Waals surface area (Å²) in [5.74, 6) is -3.62. The molecule has 6 rings (SSSR count). The van der Waals surface area contributed by atoms with E-state index in [4.69, 9.17) is 28.4 Å². The number of benzene rings is 2. The molecule has 0 bridgehead atoms. The number of fused-ring (bicyclic) bond motifs is 3. The van der Waals surface area contributed by atoms with Gasteiger partial charge >= 0.3 is 0 Å². The number of hydrogen-bond acceptors (Lipinski definition) is 14. The normalized spacial score (nSPS) is 30.7. The van der Waals surface area contributed by atoms with E-state index in [0.717, 1.165) is 0 Å². The van der Waals surface area contributed by atoms with Crippen LogP contribution in [0.15, 0.2) is 18.2 Å². The molecule has 7 atom stereocenters. The van der Waals surface area contributed by atoms with E-state index >= 15 is 0 Å². The maximum atomic E-state index is 13.8. The summed E-state index contributed by atoms with van der Waals surface area (Å²) in [6.45, 7) is 1.85. The summed E-state index contributed by atoms with van der Waals surface area (Å²) < 4.78 is 34.8. The average Bonchev–Trinajstić information content (AvgIpc) is 3.05. The molecule has 0 radical (unpaired) electrons. The van der Waals surface area contributed by atoms with Crippen LogP contribution >= 0.6 is 0 Å². The molecule has 2 aliphatic carbocycles. The van der Waals surface area contributed by atoms with Crippen LogP contribution in [0.5, 0.6) is 17.2 Å². The number of phenols is 2. The van der Waals surface area contributed by atoms with Gasteiger partial charge < -0.3 is 48.8 Å². The molecule has 2 saturated heterocycles.